The van der Waals surface area contributed by atoms with Crippen LogP contribution in [0.5, 0.6) is 5.75 Å². The van der Waals surface area contributed by atoms with Gasteiger partial charge in [-0.05, 0) is 82.0 Å². The number of phenolic OH excluding ortho intramolecular Hbond substituents is 1. The van der Waals surface area contributed by atoms with Crippen molar-refractivity contribution in [3.8, 4) is 18.2 Å². The second kappa shape index (κ2) is 13.1. The minimum Gasteiger partial charge on any atom is -0.508 e. The van der Waals surface area contributed by atoms with Gasteiger partial charge in [0.15, 0.2) is 0 Å². The van der Waals surface area contributed by atoms with Crippen LogP contribution in [0, 0.1) is 33.2 Å². The fourth-order valence-electron chi connectivity index (χ4n) is 4.32. The number of phenols is 1. The zero-order valence-corrected chi connectivity index (χ0v) is 24.3. The molecule has 0 spiro atoms. The van der Waals surface area contributed by atoms with E-state index in [4.69, 9.17) is 11.2 Å². The number of aryl methyl sites for hydroxylation is 3. The van der Waals surface area contributed by atoms with E-state index in [-0.39, 0.29) is 12.2 Å². The van der Waals surface area contributed by atoms with E-state index in [1.165, 1.54) is 12.1 Å². The third kappa shape index (κ3) is 8.36. The van der Waals surface area contributed by atoms with Crippen LogP contribution in [0.4, 0.5) is 10.5 Å². The van der Waals surface area contributed by atoms with Crippen molar-refractivity contribution in [2.24, 2.45) is 0 Å². The smallest absolute Gasteiger partial charge is 0.408 e. The van der Waals surface area contributed by atoms with Crippen LogP contribution in [0.3, 0.4) is 0 Å². The van der Waals surface area contributed by atoms with Gasteiger partial charge in [-0.25, -0.2) is 4.79 Å². The van der Waals surface area contributed by atoms with E-state index in [0.717, 1.165) is 21.6 Å². The number of hydrogen-bond acceptors (Lipinski definition) is 5. The fourth-order valence-corrected chi connectivity index (χ4v) is 4.32. The number of carbonyl (C=O) groups is 3. The van der Waals surface area contributed by atoms with Crippen molar-refractivity contribution in [2.45, 2.75) is 65.6 Å². The molecule has 0 saturated carbocycles. The number of hydrogen-bond donors (Lipinski definition) is 3. The number of ether oxygens (including phenoxy) is 1. The first kappa shape index (κ1) is 30.8. The number of nitrogens with one attached hydrogen (secondary N) is 2. The average molecular weight is 556 g/mol. The molecule has 8 heteroatoms. The number of rotatable bonds is 8. The second-order valence-electron chi connectivity index (χ2n) is 11.0. The van der Waals surface area contributed by atoms with Gasteiger partial charge < -0.3 is 20.5 Å². The van der Waals surface area contributed by atoms with Crippen molar-refractivity contribution < 1.29 is 24.2 Å². The predicted molar refractivity (Wildman–Crippen MR) is 159 cm³/mol. The maximum absolute atomic E-state index is 14.2. The fraction of sp³-hybridized carbons (Fsp3) is 0.303. The zero-order chi connectivity index (χ0) is 30.3. The molecule has 214 valence electrons. The van der Waals surface area contributed by atoms with Crippen LogP contribution < -0.4 is 10.6 Å². The van der Waals surface area contributed by atoms with Crippen LogP contribution in [0.25, 0.3) is 0 Å². The average Bonchev–Trinajstić information content (AvgIpc) is 2.89. The predicted octanol–water partition coefficient (Wildman–Crippen LogP) is 5.55. The lowest BCUT2D eigenvalue weighted by molar-refractivity contribution is -0.136. The summed E-state index contributed by atoms with van der Waals surface area (Å²) in [5.41, 5.74) is 3.49. The number of para-hydroxylation sites is 1. The number of nitrogens with zero attached hydrogens (tertiary/aromatic N) is 1. The highest BCUT2D eigenvalue weighted by molar-refractivity contribution is 6.00. The molecule has 3 rings (SSSR count). The lowest BCUT2D eigenvalue weighted by Gasteiger charge is -2.31. The highest BCUT2D eigenvalue weighted by Crippen LogP contribution is 2.28. The Morgan fingerprint density at radius 2 is 1.63 bits per heavy atom. The van der Waals surface area contributed by atoms with Gasteiger partial charge in [0, 0.05) is 18.2 Å². The van der Waals surface area contributed by atoms with Crippen molar-refractivity contribution in [1.29, 1.82) is 0 Å². The monoisotopic (exact) mass is 555 g/mol. The van der Waals surface area contributed by atoms with Crippen LogP contribution >= 0.6 is 0 Å². The van der Waals surface area contributed by atoms with Crippen molar-refractivity contribution in [3.05, 3.63) is 94.5 Å². The highest BCUT2D eigenvalue weighted by atomic mass is 16.6. The second-order valence-corrected chi connectivity index (χ2v) is 11.0. The van der Waals surface area contributed by atoms with E-state index >= 15 is 0 Å². The van der Waals surface area contributed by atoms with Gasteiger partial charge in [0.25, 0.3) is 11.8 Å². The van der Waals surface area contributed by atoms with Crippen LogP contribution in [0.1, 0.15) is 54.6 Å². The van der Waals surface area contributed by atoms with Crippen LogP contribution in [-0.4, -0.2) is 39.6 Å². The van der Waals surface area contributed by atoms with Gasteiger partial charge in [0.05, 0.1) is 0 Å². The Kier molecular flexibility index (Phi) is 9.80. The quantitative estimate of drug-likeness (QED) is 0.249. The number of benzene rings is 3. The number of alkyl carbamates (subject to hydrolysis) is 1. The molecule has 2 unspecified atom stereocenters. The van der Waals surface area contributed by atoms with E-state index in [1.54, 1.807) is 45.0 Å². The first-order valence-corrected chi connectivity index (χ1v) is 13.3. The van der Waals surface area contributed by atoms with Crippen molar-refractivity contribution >= 4 is 23.6 Å². The number of aromatic hydroxyl groups is 1. The van der Waals surface area contributed by atoms with Gasteiger partial charge in [-0.1, -0.05) is 60.5 Å². The molecule has 0 radical (unpaired) electrons. The minimum atomic E-state index is -1.20. The lowest BCUT2D eigenvalue weighted by atomic mass is 9.95. The molecule has 3 N–H and O–H groups in total. The molecule has 0 bridgehead atoms. The molecule has 3 amide bonds. The molecule has 0 aromatic heterocycles. The number of anilines is 1. The maximum atomic E-state index is 14.2. The molecule has 8 nitrogen and oxygen atoms in total. The Bertz CT molecular complexity index is 1450. The summed E-state index contributed by atoms with van der Waals surface area (Å²) in [6, 6.07) is 19.2. The number of terminal acetylenes is 1. The molecule has 3 aromatic rings. The Morgan fingerprint density at radius 3 is 2.24 bits per heavy atom. The number of amides is 3. The first-order valence-electron chi connectivity index (χ1n) is 13.3. The summed E-state index contributed by atoms with van der Waals surface area (Å²) in [5, 5.41) is 15.3. The SMILES string of the molecule is C#CN(C(=O)C(Cc1ccc(O)cc1)NC(=O)OC(C)(C)C)C(C(=O)Nc1ccccc1C)c1cc(C)ccc1C. The molecular formula is C33H37N3O5. The summed E-state index contributed by atoms with van der Waals surface area (Å²) in [6.07, 6.45) is 5.17. The van der Waals surface area contributed by atoms with Gasteiger partial charge in [0.1, 0.15) is 23.4 Å². The van der Waals surface area contributed by atoms with E-state index in [2.05, 4.69) is 16.7 Å². The van der Waals surface area contributed by atoms with Gasteiger partial charge in [0.2, 0.25) is 0 Å². The third-order valence-corrected chi connectivity index (χ3v) is 6.38. The van der Waals surface area contributed by atoms with Gasteiger partial charge in [-0.15, -0.1) is 0 Å². The van der Waals surface area contributed by atoms with E-state index < -0.39 is 35.6 Å². The summed E-state index contributed by atoms with van der Waals surface area (Å²) in [6.45, 7) is 10.7. The van der Waals surface area contributed by atoms with Gasteiger partial charge in [-0.3, -0.25) is 14.5 Å². The molecule has 3 aromatic carbocycles. The van der Waals surface area contributed by atoms with Crippen LogP contribution in [-0.2, 0) is 20.7 Å². The van der Waals surface area contributed by atoms with Crippen molar-refractivity contribution in [3.63, 3.8) is 0 Å². The standard InChI is InChI=1S/C33H37N3O5/c1-8-36(31(39)28(35-32(40)41-33(5,6)7)20-24-15-17-25(37)18-16-24)29(26-19-21(2)13-14-22(26)3)30(38)34-27-12-10-9-11-23(27)4/h1,9-19,28-29,37H,20H2,2-7H3,(H,34,38)(H,35,40). The Labute approximate surface area is 241 Å². The van der Waals surface area contributed by atoms with Gasteiger partial charge in [-0.2, -0.15) is 0 Å². The molecule has 0 fully saturated rings. The summed E-state index contributed by atoms with van der Waals surface area (Å²) in [4.78, 5) is 41.9. The first-order chi connectivity index (χ1) is 19.3. The Morgan fingerprint density at radius 1 is 0.976 bits per heavy atom. The van der Waals surface area contributed by atoms with E-state index in [9.17, 15) is 19.5 Å². The van der Waals surface area contributed by atoms with E-state index in [1.807, 2.05) is 51.1 Å². The largest absolute Gasteiger partial charge is 0.508 e. The Balaban J connectivity index is 2.06. The van der Waals surface area contributed by atoms with Crippen molar-refractivity contribution in [1.82, 2.24) is 10.2 Å². The zero-order valence-electron chi connectivity index (χ0n) is 24.3. The molecule has 0 heterocycles. The summed E-state index contributed by atoms with van der Waals surface area (Å²) < 4.78 is 5.42. The lowest BCUT2D eigenvalue weighted by Crippen LogP contribution is -2.52. The minimum absolute atomic E-state index is 0.0372. The summed E-state index contributed by atoms with van der Waals surface area (Å²) in [7, 11) is 0. The van der Waals surface area contributed by atoms with Crippen LogP contribution in [0.15, 0.2) is 66.7 Å². The van der Waals surface area contributed by atoms with Crippen LogP contribution in [0.2, 0.25) is 0 Å². The molecule has 41 heavy (non-hydrogen) atoms. The normalized spacial score (nSPS) is 12.4. The molecule has 2 atom stereocenters. The molecule has 0 saturated heterocycles. The maximum Gasteiger partial charge on any atom is 0.408 e. The molecule has 0 aliphatic heterocycles. The molecular weight excluding hydrogens is 518 g/mol. The van der Waals surface area contributed by atoms with Gasteiger partial charge >= 0.3 is 6.09 Å². The molecule has 0 aliphatic rings. The summed E-state index contributed by atoms with van der Waals surface area (Å²) >= 11 is 0. The van der Waals surface area contributed by atoms with Crippen molar-refractivity contribution in [2.75, 3.05) is 5.32 Å². The van der Waals surface area contributed by atoms with E-state index in [0.29, 0.717) is 16.8 Å². The third-order valence-electron chi connectivity index (χ3n) is 6.38. The highest BCUT2D eigenvalue weighted by Gasteiger charge is 2.37. The summed E-state index contributed by atoms with van der Waals surface area (Å²) in [5.74, 6) is -1.11. The topological polar surface area (TPSA) is 108 Å². The number of carbonyl (C=O) groups excluding carboxylic acids is 3. The molecule has 0 aliphatic carbocycles. The Hall–Kier alpha value is -4.77.